The Kier molecular flexibility index (Phi) is 7.08. The molecule has 0 spiro atoms. The maximum atomic E-state index is 14.9. The summed E-state index contributed by atoms with van der Waals surface area (Å²) in [7, 11) is 3.10. The van der Waals surface area contributed by atoms with Gasteiger partial charge < -0.3 is 15.6 Å². The van der Waals surface area contributed by atoms with Crippen LogP contribution in [0.25, 0.3) is 20.7 Å². The first-order valence-corrected chi connectivity index (χ1v) is 17.3. The molecule has 2 aliphatic heterocycles. The van der Waals surface area contributed by atoms with Crippen molar-refractivity contribution in [1.82, 2.24) is 14.7 Å². The number of nitrogens with two attached hydrogens (primary N) is 1. The molecular formula is C36H32ClN5O7S. The molecule has 8 rings (SSSR count). The fraction of sp³-hybridized carbons (Fsp3) is 0.333. The Morgan fingerprint density at radius 2 is 1.84 bits per heavy atom. The number of aromatic nitrogens is 2. The lowest BCUT2D eigenvalue weighted by atomic mass is 9.51. The van der Waals surface area contributed by atoms with Crippen molar-refractivity contribution in [2.45, 2.75) is 32.6 Å². The van der Waals surface area contributed by atoms with E-state index in [1.807, 2.05) is 31.2 Å². The van der Waals surface area contributed by atoms with Crippen LogP contribution in [0.15, 0.2) is 54.1 Å². The second kappa shape index (κ2) is 11.0. The van der Waals surface area contributed by atoms with Crippen molar-refractivity contribution in [1.29, 1.82) is 0 Å². The summed E-state index contributed by atoms with van der Waals surface area (Å²) in [6.45, 7) is 3.73. The van der Waals surface area contributed by atoms with E-state index < -0.39 is 64.7 Å². The standard InChI is InChI=1S/C36H32ClN5O7S/c1-15-20-12-17(37)6-10-26(20)50-30(15)23-14-27(40(3)39-23)41-32(45)22-13-21-18(7-8-19-28(21)33(46)42(31(19)44)35(38)48)29(36(22,2)34(41)47)16-5-9-25(49-4)24(43)11-16/h5-7,9-12,14,19,21-22,28-29,43H,8,13H2,1-4H3,(H2,38,48). The van der Waals surface area contributed by atoms with Crippen LogP contribution in [0.1, 0.15) is 36.8 Å². The first-order valence-electron chi connectivity index (χ1n) is 16.1. The molecule has 3 fully saturated rings. The van der Waals surface area contributed by atoms with E-state index in [0.717, 1.165) is 20.5 Å². The van der Waals surface area contributed by atoms with E-state index in [1.54, 1.807) is 32.2 Å². The van der Waals surface area contributed by atoms with Gasteiger partial charge >= 0.3 is 6.03 Å². The number of carbonyl (C=O) groups is 5. The van der Waals surface area contributed by atoms with Gasteiger partial charge in [-0.2, -0.15) is 10.00 Å². The lowest BCUT2D eigenvalue weighted by molar-refractivity contribution is -0.136. The zero-order valence-electron chi connectivity index (χ0n) is 27.5. The second-order valence-corrected chi connectivity index (χ2v) is 15.1. The molecule has 0 radical (unpaired) electrons. The zero-order chi connectivity index (χ0) is 35.5. The molecule has 12 nitrogen and oxygen atoms in total. The molecule has 6 unspecified atom stereocenters. The largest absolute Gasteiger partial charge is 0.504 e. The highest BCUT2D eigenvalue weighted by Gasteiger charge is 2.68. The number of anilines is 1. The van der Waals surface area contributed by atoms with Gasteiger partial charge in [0.2, 0.25) is 23.6 Å². The number of aryl methyl sites for hydroxylation is 2. The summed E-state index contributed by atoms with van der Waals surface area (Å²) < 4.78 is 7.82. The molecule has 256 valence electrons. The Morgan fingerprint density at radius 3 is 2.54 bits per heavy atom. The van der Waals surface area contributed by atoms with Crippen molar-refractivity contribution in [2.24, 2.45) is 41.9 Å². The fourth-order valence-electron chi connectivity index (χ4n) is 8.93. The Morgan fingerprint density at radius 1 is 1.08 bits per heavy atom. The van der Waals surface area contributed by atoms with E-state index in [0.29, 0.717) is 32.6 Å². The van der Waals surface area contributed by atoms with Gasteiger partial charge in [-0.1, -0.05) is 29.3 Å². The van der Waals surface area contributed by atoms with Gasteiger partial charge in [-0.25, -0.2) is 9.69 Å². The van der Waals surface area contributed by atoms with Gasteiger partial charge in [0.15, 0.2) is 11.5 Å². The van der Waals surface area contributed by atoms with E-state index in [2.05, 4.69) is 0 Å². The van der Waals surface area contributed by atoms with E-state index >= 15 is 0 Å². The highest BCUT2D eigenvalue weighted by atomic mass is 35.5. The minimum atomic E-state index is -1.35. The maximum Gasteiger partial charge on any atom is 0.328 e. The van der Waals surface area contributed by atoms with Crippen LogP contribution in [-0.4, -0.2) is 56.6 Å². The molecule has 3 N–H and O–H groups in total. The minimum Gasteiger partial charge on any atom is -0.504 e. The fourth-order valence-corrected chi connectivity index (χ4v) is 10.3. The molecule has 2 aromatic heterocycles. The van der Waals surface area contributed by atoms with Crippen LogP contribution in [-0.2, 0) is 26.2 Å². The first kappa shape index (κ1) is 32.2. The summed E-state index contributed by atoms with van der Waals surface area (Å²) in [5.41, 5.74) is 6.92. The molecule has 0 bridgehead atoms. The van der Waals surface area contributed by atoms with Crippen molar-refractivity contribution in [3.05, 3.63) is 70.3 Å². The molecule has 6 amide bonds. The van der Waals surface area contributed by atoms with Crippen LogP contribution in [0.5, 0.6) is 11.5 Å². The number of phenols is 1. The summed E-state index contributed by atoms with van der Waals surface area (Å²) in [5.74, 6) is -5.98. The van der Waals surface area contributed by atoms with E-state index in [1.165, 1.54) is 34.1 Å². The summed E-state index contributed by atoms with van der Waals surface area (Å²) >= 11 is 7.82. The molecule has 2 aromatic carbocycles. The predicted molar refractivity (Wildman–Crippen MR) is 184 cm³/mol. The Labute approximate surface area is 295 Å². The van der Waals surface area contributed by atoms with Crippen LogP contribution in [0.2, 0.25) is 5.02 Å². The quantitative estimate of drug-likeness (QED) is 0.213. The van der Waals surface area contributed by atoms with E-state index in [9.17, 15) is 29.1 Å². The second-order valence-electron chi connectivity index (χ2n) is 13.7. The number of halogens is 1. The maximum absolute atomic E-state index is 14.9. The topological polar surface area (TPSA) is 165 Å². The van der Waals surface area contributed by atoms with Crippen molar-refractivity contribution in [3.8, 4) is 22.1 Å². The van der Waals surface area contributed by atoms with Gasteiger partial charge in [-0.05, 0) is 79.5 Å². The number of thiophene rings is 1. The third-order valence-corrected chi connectivity index (χ3v) is 12.8. The number of allylic oxidation sites excluding steroid dienone is 2. The van der Waals surface area contributed by atoms with Gasteiger partial charge in [-0.15, -0.1) is 11.3 Å². The summed E-state index contributed by atoms with van der Waals surface area (Å²) in [5, 5.41) is 17.2. The Balaban J connectivity index is 1.26. The number of ether oxygens (including phenoxy) is 1. The summed E-state index contributed by atoms with van der Waals surface area (Å²) in [6, 6.07) is 11.1. The lowest BCUT2D eigenvalue weighted by Crippen LogP contribution is -2.49. The van der Waals surface area contributed by atoms with Gasteiger partial charge in [0.1, 0.15) is 11.5 Å². The number of carbonyl (C=O) groups excluding carboxylic acids is 5. The number of rotatable bonds is 4. The number of fused-ring (bicyclic) bond motifs is 5. The summed E-state index contributed by atoms with van der Waals surface area (Å²) in [6.07, 6.45) is 2.10. The Bertz CT molecular complexity index is 2260. The molecule has 14 heteroatoms. The van der Waals surface area contributed by atoms with Gasteiger partial charge in [0, 0.05) is 28.8 Å². The number of urea groups is 1. The summed E-state index contributed by atoms with van der Waals surface area (Å²) in [4.78, 5) is 71.2. The third-order valence-electron chi connectivity index (χ3n) is 11.2. The number of amides is 6. The van der Waals surface area contributed by atoms with Gasteiger partial charge in [0.25, 0.3) is 0 Å². The van der Waals surface area contributed by atoms with Crippen LogP contribution < -0.4 is 15.4 Å². The van der Waals surface area contributed by atoms with E-state index in [-0.39, 0.29) is 24.3 Å². The molecule has 6 atom stereocenters. The number of hydrogen-bond donors (Lipinski definition) is 2. The van der Waals surface area contributed by atoms with Crippen LogP contribution >= 0.6 is 22.9 Å². The molecule has 4 aliphatic rings. The average molecular weight is 714 g/mol. The lowest BCUT2D eigenvalue weighted by Gasteiger charge is -2.49. The molecule has 4 aromatic rings. The number of aromatic hydroxyl groups is 1. The smallest absolute Gasteiger partial charge is 0.328 e. The van der Waals surface area contributed by atoms with Crippen LogP contribution in [0.4, 0.5) is 10.6 Å². The van der Waals surface area contributed by atoms with Crippen molar-refractivity contribution in [2.75, 3.05) is 12.0 Å². The third kappa shape index (κ3) is 4.22. The van der Waals surface area contributed by atoms with Gasteiger partial charge in [-0.3, -0.25) is 23.9 Å². The highest BCUT2D eigenvalue weighted by molar-refractivity contribution is 7.22. The normalized spacial score (nSPS) is 27.5. The SMILES string of the molecule is COc1ccc(C2C3=CCC4C(=O)N(C(N)=O)C(=O)C4C3CC3C(=O)N(c4cc(-c5sc6ccc(Cl)cc6c5C)nn4C)C(=O)C32C)cc1O. The number of methoxy groups -OCH3 is 1. The van der Waals surface area contributed by atoms with Crippen LogP contribution in [0, 0.1) is 36.0 Å². The number of imide groups is 4. The molecule has 50 heavy (non-hydrogen) atoms. The molecule has 2 saturated heterocycles. The Hall–Kier alpha value is -5.01. The average Bonchev–Trinajstić information content (AvgIpc) is 3.74. The zero-order valence-corrected chi connectivity index (χ0v) is 29.0. The predicted octanol–water partition coefficient (Wildman–Crippen LogP) is 5.29. The molecule has 1 saturated carbocycles. The van der Waals surface area contributed by atoms with Crippen molar-refractivity contribution < 1.29 is 33.8 Å². The number of benzene rings is 2. The van der Waals surface area contributed by atoms with Crippen molar-refractivity contribution >= 4 is 68.5 Å². The molecule has 4 heterocycles. The molecular weight excluding hydrogens is 682 g/mol. The van der Waals surface area contributed by atoms with Crippen molar-refractivity contribution in [3.63, 3.8) is 0 Å². The minimum absolute atomic E-state index is 0.0930. The number of primary amides is 1. The molecule has 2 aliphatic carbocycles. The number of phenolic OH excluding ortho intramolecular Hbond substituents is 1. The van der Waals surface area contributed by atoms with E-state index in [4.69, 9.17) is 27.2 Å². The number of hydrogen-bond acceptors (Lipinski definition) is 9. The van der Waals surface area contributed by atoms with Gasteiger partial charge in [0.05, 0.1) is 35.2 Å². The number of likely N-dealkylation sites (tertiary alicyclic amines) is 1. The number of nitrogens with zero attached hydrogens (tertiary/aromatic N) is 4. The highest BCUT2D eigenvalue weighted by Crippen LogP contribution is 2.64. The monoisotopic (exact) mass is 713 g/mol. The van der Waals surface area contributed by atoms with Crippen LogP contribution in [0.3, 0.4) is 0 Å². The first-order chi connectivity index (χ1) is 23.8.